The fourth-order valence-corrected chi connectivity index (χ4v) is 3.44. The Morgan fingerprint density at radius 2 is 1.96 bits per heavy atom. The summed E-state index contributed by atoms with van der Waals surface area (Å²) in [5.41, 5.74) is 5.31. The predicted molar refractivity (Wildman–Crippen MR) is 99.8 cm³/mol. The van der Waals surface area contributed by atoms with E-state index in [-0.39, 0.29) is 12.2 Å². The van der Waals surface area contributed by atoms with E-state index in [1.54, 1.807) is 6.07 Å². The molecule has 26 heavy (non-hydrogen) atoms. The maximum absolute atomic E-state index is 14.4. The Balaban J connectivity index is 1.73. The van der Waals surface area contributed by atoms with Gasteiger partial charge < -0.3 is 9.84 Å². The summed E-state index contributed by atoms with van der Waals surface area (Å²) >= 11 is 0. The van der Waals surface area contributed by atoms with Gasteiger partial charge in [-0.3, -0.25) is 4.79 Å². The summed E-state index contributed by atoms with van der Waals surface area (Å²) in [5, 5.41) is 8.79. The minimum atomic E-state index is -0.883. The fraction of sp³-hybridized carbons (Fsp3) is 0.318. The molecule has 0 heterocycles. The second-order valence-electron chi connectivity index (χ2n) is 6.69. The number of carboxylic acid groups (broad SMARTS) is 1. The van der Waals surface area contributed by atoms with Crippen LogP contribution in [-0.2, 0) is 11.2 Å². The van der Waals surface area contributed by atoms with Crippen molar-refractivity contribution in [1.82, 2.24) is 0 Å². The van der Waals surface area contributed by atoms with E-state index in [1.807, 2.05) is 25.1 Å². The molecule has 0 atom stereocenters. The molecule has 0 aliphatic heterocycles. The Morgan fingerprint density at radius 1 is 1.19 bits per heavy atom. The lowest BCUT2D eigenvalue weighted by Crippen LogP contribution is -2.05. The molecule has 0 aromatic heterocycles. The zero-order valence-electron chi connectivity index (χ0n) is 14.9. The summed E-state index contributed by atoms with van der Waals surface area (Å²) in [7, 11) is 0. The minimum Gasteiger partial charge on any atom is -0.486 e. The molecule has 3 nitrogen and oxygen atoms in total. The van der Waals surface area contributed by atoms with Gasteiger partial charge in [-0.15, -0.1) is 0 Å². The predicted octanol–water partition coefficient (Wildman–Crippen LogP) is 5.17. The van der Waals surface area contributed by atoms with Crippen LogP contribution in [-0.4, -0.2) is 17.7 Å². The molecule has 0 saturated carbocycles. The van der Waals surface area contributed by atoms with Gasteiger partial charge in [0.2, 0.25) is 0 Å². The molecule has 136 valence electrons. The van der Waals surface area contributed by atoms with E-state index in [4.69, 9.17) is 9.84 Å². The van der Waals surface area contributed by atoms with E-state index < -0.39 is 11.8 Å². The number of carboxylic acids is 1. The maximum Gasteiger partial charge on any atom is 0.303 e. The van der Waals surface area contributed by atoms with Crippen LogP contribution in [0.4, 0.5) is 4.39 Å². The van der Waals surface area contributed by atoms with Crippen LogP contribution in [0.15, 0.2) is 48.0 Å². The highest BCUT2D eigenvalue weighted by molar-refractivity contribution is 5.70. The Morgan fingerprint density at radius 3 is 2.69 bits per heavy atom. The van der Waals surface area contributed by atoms with Gasteiger partial charge in [0.1, 0.15) is 6.61 Å². The monoisotopic (exact) mass is 354 g/mol. The number of allylic oxidation sites excluding steroid dienone is 1. The van der Waals surface area contributed by atoms with Gasteiger partial charge in [-0.25, -0.2) is 4.39 Å². The van der Waals surface area contributed by atoms with Crippen molar-refractivity contribution < 1.29 is 19.0 Å². The largest absolute Gasteiger partial charge is 0.486 e. The number of hydrogen-bond acceptors (Lipinski definition) is 2. The summed E-state index contributed by atoms with van der Waals surface area (Å²) < 4.78 is 20.1. The highest BCUT2D eigenvalue weighted by Crippen LogP contribution is 2.34. The molecule has 0 unspecified atom stereocenters. The van der Waals surface area contributed by atoms with E-state index in [1.165, 1.54) is 22.8 Å². The molecule has 4 heteroatoms. The lowest BCUT2D eigenvalue weighted by molar-refractivity contribution is -0.136. The molecule has 0 fully saturated rings. The van der Waals surface area contributed by atoms with Crippen LogP contribution >= 0.6 is 0 Å². The molecule has 3 rings (SSSR count). The first-order valence-electron chi connectivity index (χ1n) is 8.94. The van der Waals surface area contributed by atoms with Crippen molar-refractivity contribution in [2.45, 2.75) is 39.0 Å². The molecule has 1 aliphatic rings. The van der Waals surface area contributed by atoms with Crippen LogP contribution < -0.4 is 4.74 Å². The average Bonchev–Trinajstić information content (AvgIpc) is 3.10. The van der Waals surface area contributed by atoms with E-state index in [0.717, 1.165) is 24.8 Å². The molecule has 2 aromatic rings. The number of ether oxygens (including phenoxy) is 1. The second-order valence-corrected chi connectivity index (χ2v) is 6.69. The first-order valence-corrected chi connectivity index (χ1v) is 8.94. The molecule has 2 aromatic carbocycles. The number of benzene rings is 2. The molecule has 1 aliphatic carbocycles. The highest BCUT2D eigenvalue weighted by Gasteiger charge is 2.17. The molecular formula is C22H23FO3. The van der Waals surface area contributed by atoms with Crippen molar-refractivity contribution >= 4 is 11.5 Å². The summed E-state index contributed by atoms with van der Waals surface area (Å²) in [5.74, 6) is -1.09. The average molecular weight is 354 g/mol. The second kappa shape index (κ2) is 8.17. The molecule has 1 N–H and O–H groups in total. The number of aliphatic carboxylic acids is 1. The summed E-state index contributed by atoms with van der Waals surface area (Å²) in [4.78, 5) is 10.7. The lowest BCUT2D eigenvalue weighted by Gasteiger charge is -2.13. The molecule has 0 amide bonds. The summed E-state index contributed by atoms with van der Waals surface area (Å²) in [6, 6.07) is 13.3. The van der Waals surface area contributed by atoms with Crippen molar-refractivity contribution in [3.63, 3.8) is 0 Å². The van der Waals surface area contributed by atoms with Crippen molar-refractivity contribution in [2.75, 3.05) is 6.61 Å². The van der Waals surface area contributed by atoms with Crippen molar-refractivity contribution in [1.29, 1.82) is 0 Å². The van der Waals surface area contributed by atoms with Gasteiger partial charge in [-0.05, 0) is 72.6 Å². The maximum atomic E-state index is 14.4. The van der Waals surface area contributed by atoms with Crippen LogP contribution in [0.25, 0.3) is 5.57 Å². The van der Waals surface area contributed by atoms with Gasteiger partial charge in [0.25, 0.3) is 0 Å². The van der Waals surface area contributed by atoms with E-state index in [2.05, 4.69) is 12.1 Å². The zero-order valence-corrected chi connectivity index (χ0v) is 14.9. The van der Waals surface area contributed by atoms with Crippen LogP contribution in [0.3, 0.4) is 0 Å². The van der Waals surface area contributed by atoms with Gasteiger partial charge in [-0.2, -0.15) is 0 Å². The smallest absolute Gasteiger partial charge is 0.303 e. The number of aryl methyl sites for hydroxylation is 2. The topological polar surface area (TPSA) is 46.5 Å². The van der Waals surface area contributed by atoms with Crippen molar-refractivity contribution in [3.05, 3.63) is 70.5 Å². The Labute approximate surface area is 153 Å². The number of hydrogen-bond donors (Lipinski definition) is 1. The third-order valence-electron chi connectivity index (χ3n) is 4.85. The molecule has 0 spiro atoms. The van der Waals surface area contributed by atoms with Crippen molar-refractivity contribution in [3.8, 4) is 5.75 Å². The van der Waals surface area contributed by atoms with E-state index in [9.17, 15) is 9.18 Å². The minimum absolute atomic E-state index is 0.00615. The Kier molecular flexibility index (Phi) is 5.71. The number of rotatable bonds is 7. The molecule has 0 radical (unpaired) electrons. The van der Waals surface area contributed by atoms with Gasteiger partial charge in [0.15, 0.2) is 11.6 Å². The quantitative estimate of drug-likeness (QED) is 0.746. The van der Waals surface area contributed by atoms with Crippen LogP contribution in [0.5, 0.6) is 5.75 Å². The Hall–Kier alpha value is -2.62. The highest BCUT2D eigenvalue weighted by atomic mass is 19.1. The van der Waals surface area contributed by atoms with Crippen molar-refractivity contribution in [2.24, 2.45) is 0 Å². The normalized spacial score (nSPS) is 13.9. The van der Waals surface area contributed by atoms with Gasteiger partial charge in [0.05, 0.1) is 0 Å². The first-order chi connectivity index (χ1) is 12.5. The number of halogens is 1. The van der Waals surface area contributed by atoms with Crippen LogP contribution in [0, 0.1) is 12.7 Å². The number of carbonyl (C=O) groups is 1. The fourth-order valence-electron chi connectivity index (χ4n) is 3.44. The Bertz CT molecular complexity index is 825. The van der Waals surface area contributed by atoms with E-state index >= 15 is 0 Å². The van der Waals surface area contributed by atoms with Gasteiger partial charge >= 0.3 is 5.97 Å². The molecule has 0 bridgehead atoms. The summed E-state index contributed by atoms with van der Waals surface area (Å²) in [6.45, 7) is 2.24. The standard InChI is InChI=1S/C22H23FO3/c1-15-12-21(20(23)13-17(15)10-11-22(24)25)26-14-18-8-5-9-19(18)16-6-3-2-4-7-16/h2-4,6-7,12-13H,5,8-11,14H2,1H3,(H,24,25). The van der Waals surface area contributed by atoms with Gasteiger partial charge in [-0.1, -0.05) is 30.3 Å². The third-order valence-corrected chi connectivity index (χ3v) is 4.85. The summed E-state index contributed by atoms with van der Waals surface area (Å²) in [6.07, 6.45) is 3.41. The zero-order chi connectivity index (χ0) is 18.5. The molecular weight excluding hydrogens is 331 g/mol. The SMILES string of the molecule is Cc1cc(OCC2=C(c3ccccc3)CCC2)c(F)cc1CCC(=O)O. The van der Waals surface area contributed by atoms with E-state index in [0.29, 0.717) is 18.6 Å². The van der Waals surface area contributed by atoms with Gasteiger partial charge in [0, 0.05) is 6.42 Å². The van der Waals surface area contributed by atoms with Crippen LogP contribution in [0.1, 0.15) is 42.4 Å². The lowest BCUT2D eigenvalue weighted by atomic mass is 10.0. The first kappa shape index (κ1) is 18.2. The van der Waals surface area contributed by atoms with Crippen LogP contribution in [0.2, 0.25) is 0 Å². The third kappa shape index (κ3) is 4.31. The molecule has 0 saturated heterocycles.